The Hall–Kier alpha value is -4.01. The van der Waals surface area contributed by atoms with E-state index < -0.39 is 12.4 Å². The number of rotatable bonds is 10. The van der Waals surface area contributed by atoms with Gasteiger partial charge >= 0.3 is 6.09 Å². The number of likely N-dealkylation sites (N-methyl/N-ethyl adjacent to an activating group) is 1. The van der Waals surface area contributed by atoms with Gasteiger partial charge in [-0.1, -0.05) is 85.5 Å². The van der Waals surface area contributed by atoms with Gasteiger partial charge in [-0.25, -0.2) is 4.79 Å². The molecule has 0 aliphatic carbocycles. The fraction of sp³-hybridized carbons (Fsp3) is 0.286. The van der Waals surface area contributed by atoms with Crippen LogP contribution in [0.2, 0.25) is 0 Å². The molecule has 7 nitrogen and oxygen atoms in total. The predicted molar refractivity (Wildman–Crippen MR) is 165 cm³/mol. The Morgan fingerprint density at radius 3 is 2.45 bits per heavy atom. The van der Waals surface area contributed by atoms with Crippen molar-refractivity contribution in [3.63, 3.8) is 0 Å². The third-order valence-corrected chi connectivity index (χ3v) is 7.79. The number of nitrogens with zero attached hydrogens (tertiary/aromatic N) is 1. The van der Waals surface area contributed by atoms with Crippen molar-refractivity contribution in [2.24, 2.45) is 0 Å². The summed E-state index contributed by atoms with van der Waals surface area (Å²) in [6.07, 6.45) is 0.812. The lowest BCUT2D eigenvalue weighted by molar-refractivity contribution is -0.253. The van der Waals surface area contributed by atoms with Gasteiger partial charge in [-0.2, -0.15) is 0 Å². The number of aliphatic hydroxyl groups is 1. The van der Waals surface area contributed by atoms with E-state index >= 15 is 0 Å². The highest BCUT2D eigenvalue weighted by atomic mass is 16.7. The number of carbonyl (C=O) groups is 1. The maximum atomic E-state index is 11.9. The molecule has 1 aliphatic rings. The van der Waals surface area contributed by atoms with Crippen molar-refractivity contribution in [1.29, 1.82) is 0 Å². The van der Waals surface area contributed by atoms with E-state index in [4.69, 9.17) is 14.2 Å². The summed E-state index contributed by atoms with van der Waals surface area (Å²) in [5.74, 6) is 0. The van der Waals surface area contributed by atoms with Crippen LogP contribution in [0.15, 0.2) is 104 Å². The highest BCUT2D eigenvalue weighted by Crippen LogP contribution is 2.39. The lowest BCUT2D eigenvalue weighted by Crippen LogP contribution is -2.38. The molecular weight excluding hydrogens is 528 g/mol. The van der Waals surface area contributed by atoms with Crippen LogP contribution in [0, 0.1) is 0 Å². The van der Waals surface area contributed by atoms with Gasteiger partial charge in [-0.15, -0.1) is 0 Å². The maximum absolute atomic E-state index is 11.9. The summed E-state index contributed by atoms with van der Waals surface area (Å²) < 4.78 is 18.0. The van der Waals surface area contributed by atoms with Gasteiger partial charge in [-0.3, -0.25) is 10.2 Å². The van der Waals surface area contributed by atoms with Crippen LogP contribution < -0.4 is 5.32 Å². The molecule has 218 valence electrons. The zero-order valence-corrected chi connectivity index (χ0v) is 24.1. The number of amides is 1. The third kappa shape index (κ3) is 7.24. The van der Waals surface area contributed by atoms with Crippen LogP contribution in [-0.4, -0.2) is 42.4 Å². The SMILES string of the molecule is C=CCOC(=O)Nc1ccc([C@H]2O[C@@H](CN(C)[C@H](C)c3ccc4ccccc4c3)C[C@@H](c3ccc(CO)cc3)O2)cc1. The number of hydrogen-bond donors (Lipinski definition) is 2. The smallest absolute Gasteiger partial charge is 0.411 e. The summed E-state index contributed by atoms with van der Waals surface area (Å²) in [5, 5.41) is 14.7. The average Bonchev–Trinajstić information content (AvgIpc) is 3.03. The zero-order valence-electron chi connectivity index (χ0n) is 24.1. The fourth-order valence-corrected chi connectivity index (χ4v) is 5.25. The summed E-state index contributed by atoms with van der Waals surface area (Å²) >= 11 is 0. The van der Waals surface area contributed by atoms with Crippen LogP contribution in [-0.2, 0) is 20.8 Å². The van der Waals surface area contributed by atoms with Crippen molar-refractivity contribution >= 4 is 22.6 Å². The largest absolute Gasteiger partial charge is 0.445 e. The summed E-state index contributed by atoms with van der Waals surface area (Å²) in [6, 6.07) is 30.5. The Balaban J connectivity index is 1.32. The van der Waals surface area contributed by atoms with Crippen molar-refractivity contribution in [3.05, 3.63) is 126 Å². The van der Waals surface area contributed by atoms with E-state index in [1.165, 1.54) is 22.4 Å². The van der Waals surface area contributed by atoms with Gasteiger partial charge in [-0.05, 0) is 59.6 Å². The van der Waals surface area contributed by atoms with Crippen LogP contribution in [0.25, 0.3) is 10.8 Å². The van der Waals surface area contributed by atoms with Gasteiger partial charge in [0.1, 0.15) is 6.61 Å². The molecule has 4 aromatic rings. The average molecular weight is 567 g/mol. The summed E-state index contributed by atoms with van der Waals surface area (Å²) in [5.41, 5.74) is 4.62. The number of nitrogens with one attached hydrogen (secondary N) is 1. The monoisotopic (exact) mass is 566 g/mol. The number of aliphatic hydroxyl groups excluding tert-OH is 1. The molecule has 1 aliphatic heterocycles. The highest BCUT2D eigenvalue weighted by molar-refractivity contribution is 5.84. The first-order valence-electron chi connectivity index (χ1n) is 14.3. The molecule has 0 aromatic heterocycles. The topological polar surface area (TPSA) is 80.3 Å². The molecule has 1 heterocycles. The Labute approximate surface area is 247 Å². The fourth-order valence-electron chi connectivity index (χ4n) is 5.25. The maximum Gasteiger partial charge on any atom is 0.411 e. The van der Waals surface area contributed by atoms with Gasteiger partial charge in [0.2, 0.25) is 0 Å². The Kier molecular flexibility index (Phi) is 9.66. The summed E-state index contributed by atoms with van der Waals surface area (Å²) in [4.78, 5) is 14.2. The molecule has 42 heavy (non-hydrogen) atoms. The normalized spacial score (nSPS) is 19.4. The van der Waals surface area contributed by atoms with Gasteiger partial charge in [0.05, 0.1) is 18.8 Å². The van der Waals surface area contributed by atoms with Crippen molar-refractivity contribution < 1.29 is 24.1 Å². The number of anilines is 1. The van der Waals surface area contributed by atoms with Crippen molar-refractivity contribution in [1.82, 2.24) is 4.90 Å². The minimum atomic E-state index is -0.586. The first-order valence-corrected chi connectivity index (χ1v) is 14.3. The molecule has 4 atom stereocenters. The van der Waals surface area contributed by atoms with E-state index in [0.29, 0.717) is 18.7 Å². The standard InChI is InChI=1S/C35H38N2O5/c1-4-19-40-35(39)36-31-17-15-28(16-18-31)34-41-32(21-33(42-34)27-11-9-25(23-38)10-12-27)22-37(3)24(2)29-14-13-26-7-5-6-8-30(26)20-29/h4-18,20,24,32-34,38H,1,19,21-23H2,2-3H3,(H,36,39)/t24-,32-,33+,34+/m1/s1. The molecule has 2 N–H and O–H groups in total. The first-order chi connectivity index (χ1) is 20.4. The molecule has 0 radical (unpaired) electrons. The second-order valence-electron chi connectivity index (χ2n) is 10.7. The molecule has 1 fully saturated rings. The van der Waals surface area contributed by atoms with Crippen molar-refractivity contribution in [2.45, 2.75) is 44.5 Å². The lowest BCUT2D eigenvalue weighted by atomic mass is 9.98. The predicted octanol–water partition coefficient (Wildman–Crippen LogP) is 7.31. The molecule has 4 aromatic carbocycles. The van der Waals surface area contributed by atoms with E-state index in [2.05, 4.69) is 73.2 Å². The molecule has 5 rings (SSSR count). The number of carbonyl (C=O) groups excluding carboxylic acids is 1. The quantitative estimate of drug-likeness (QED) is 0.196. The molecule has 0 bridgehead atoms. The Morgan fingerprint density at radius 2 is 1.74 bits per heavy atom. The molecule has 7 heteroatoms. The first kappa shape index (κ1) is 29.5. The van der Waals surface area contributed by atoms with Crippen molar-refractivity contribution in [3.8, 4) is 0 Å². The number of ether oxygens (including phenoxy) is 3. The van der Waals surface area contributed by atoms with E-state index in [1.54, 1.807) is 12.1 Å². The number of benzene rings is 4. The second-order valence-corrected chi connectivity index (χ2v) is 10.7. The molecule has 0 spiro atoms. The third-order valence-electron chi connectivity index (χ3n) is 7.79. The zero-order chi connectivity index (χ0) is 29.5. The van der Waals surface area contributed by atoms with Crippen LogP contribution in [0.5, 0.6) is 0 Å². The van der Waals surface area contributed by atoms with E-state index in [0.717, 1.165) is 16.7 Å². The van der Waals surface area contributed by atoms with Crippen LogP contribution in [0.3, 0.4) is 0 Å². The van der Waals surface area contributed by atoms with Gasteiger partial charge in [0.15, 0.2) is 6.29 Å². The Bertz CT molecular complexity index is 1490. The minimum absolute atomic E-state index is 0.000857. The molecule has 1 saturated heterocycles. The van der Waals surface area contributed by atoms with Gasteiger partial charge in [0, 0.05) is 30.3 Å². The van der Waals surface area contributed by atoms with E-state index in [9.17, 15) is 9.90 Å². The summed E-state index contributed by atoms with van der Waals surface area (Å²) in [7, 11) is 2.13. The number of fused-ring (bicyclic) bond motifs is 1. The van der Waals surface area contributed by atoms with E-state index in [-0.39, 0.29) is 31.5 Å². The van der Waals surface area contributed by atoms with E-state index in [1.807, 2.05) is 36.4 Å². The molecule has 0 unspecified atom stereocenters. The lowest BCUT2D eigenvalue weighted by Gasteiger charge is -2.39. The van der Waals surface area contributed by atoms with Gasteiger partial charge in [0.25, 0.3) is 0 Å². The van der Waals surface area contributed by atoms with Gasteiger partial charge < -0.3 is 19.3 Å². The molecule has 0 saturated carbocycles. The van der Waals surface area contributed by atoms with Crippen molar-refractivity contribution in [2.75, 3.05) is 25.5 Å². The minimum Gasteiger partial charge on any atom is -0.445 e. The second kappa shape index (κ2) is 13.8. The molecular formula is C35H38N2O5. The molecule has 1 amide bonds. The van der Waals surface area contributed by atoms with Crippen LogP contribution in [0.4, 0.5) is 10.5 Å². The Morgan fingerprint density at radius 1 is 1.02 bits per heavy atom. The van der Waals surface area contributed by atoms with Crippen LogP contribution >= 0.6 is 0 Å². The number of hydrogen-bond acceptors (Lipinski definition) is 6. The van der Waals surface area contributed by atoms with Crippen LogP contribution in [0.1, 0.15) is 54.0 Å². The highest BCUT2D eigenvalue weighted by Gasteiger charge is 2.33. The summed E-state index contributed by atoms with van der Waals surface area (Å²) in [6.45, 7) is 6.63.